The summed E-state index contributed by atoms with van der Waals surface area (Å²) in [5, 5.41) is 0. The first-order valence-corrected chi connectivity index (χ1v) is 10.8. The van der Waals surface area contributed by atoms with Crippen LogP contribution in [0.25, 0.3) is 0 Å². The van der Waals surface area contributed by atoms with Gasteiger partial charge in [-0.1, -0.05) is 62.4 Å². The number of carbonyl (C=O) groups is 2. The minimum Gasteiger partial charge on any atom is -0.481 e. The number of para-hydroxylation sites is 1. The van der Waals surface area contributed by atoms with E-state index in [2.05, 4.69) is 13.8 Å². The normalized spacial score (nSPS) is 15.2. The van der Waals surface area contributed by atoms with E-state index in [0.29, 0.717) is 38.5 Å². The Morgan fingerprint density at radius 1 is 0.867 bits per heavy atom. The molecule has 0 aliphatic carbocycles. The molecule has 1 aliphatic heterocycles. The second kappa shape index (κ2) is 10.3. The Bertz CT molecular complexity index is 842. The minimum absolute atomic E-state index is 0.0232. The fourth-order valence-corrected chi connectivity index (χ4v) is 3.79. The maximum atomic E-state index is 12.9. The Kier molecular flexibility index (Phi) is 7.50. The lowest BCUT2D eigenvalue weighted by molar-refractivity contribution is -0.143. The molecule has 5 heteroatoms. The van der Waals surface area contributed by atoms with Crippen LogP contribution in [-0.2, 0) is 16.0 Å². The molecular formula is C25H32N2O3. The highest BCUT2D eigenvalue weighted by Crippen LogP contribution is 2.27. The summed E-state index contributed by atoms with van der Waals surface area (Å²) in [6.45, 7) is 8.29. The van der Waals surface area contributed by atoms with Gasteiger partial charge in [0.25, 0.3) is 5.91 Å². The molecule has 3 rings (SSSR count). The monoisotopic (exact) mass is 408 g/mol. The van der Waals surface area contributed by atoms with E-state index in [-0.39, 0.29) is 11.8 Å². The molecule has 0 bridgehead atoms. The number of nitrogens with zero attached hydrogens (tertiary/aromatic N) is 2. The summed E-state index contributed by atoms with van der Waals surface area (Å²) in [6, 6.07) is 17.9. The van der Waals surface area contributed by atoms with Gasteiger partial charge >= 0.3 is 0 Å². The lowest BCUT2D eigenvalue weighted by Gasteiger charge is -2.36. The number of aryl methyl sites for hydroxylation is 1. The number of amides is 2. The number of hydrogen-bond donors (Lipinski definition) is 0. The van der Waals surface area contributed by atoms with Crippen LogP contribution in [0.1, 0.15) is 44.2 Å². The summed E-state index contributed by atoms with van der Waals surface area (Å²) < 4.78 is 6.01. The van der Waals surface area contributed by atoms with Crippen molar-refractivity contribution in [2.45, 2.75) is 45.6 Å². The highest BCUT2D eigenvalue weighted by atomic mass is 16.5. The largest absolute Gasteiger partial charge is 0.481 e. The van der Waals surface area contributed by atoms with Crippen molar-refractivity contribution in [3.05, 3.63) is 65.7 Å². The predicted molar refractivity (Wildman–Crippen MR) is 119 cm³/mol. The van der Waals surface area contributed by atoms with E-state index in [9.17, 15) is 9.59 Å². The summed E-state index contributed by atoms with van der Waals surface area (Å²) in [5.41, 5.74) is 2.28. The number of rotatable bonds is 7. The second-order valence-corrected chi connectivity index (χ2v) is 8.14. The Morgan fingerprint density at radius 3 is 2.13 bits per heavy atom. The van der Waals surface area contributed by atoms with Gasteiger partial charge in [-0.3, -0.25) is 9.59 Å². The lowest BCUT2D eigenvalue weighted by Crippen LogP contribution is -2.53. The molecule has 1 aliphatic rings. The SMILES string of the molecule is CC(Oc1ccccc1C(C)C)C(=O)N1CCN(C(=O)CCc2ccccc2)CC1. The van der Waals surface area contributed by atoms with Crippen LogP contribution in [0.2, 0.25) is 0 Å². The van der Waals surface area contributed by atoms with Crippen LogP contribution in [0, 0.1) is 0 Å². The van der Waals surface area contributed by atoms with Crippen LogP contribution < -0.4 is 4.74 Å². The quantitative estimate of drug-likeness (QED) is 0.699. The highest BCUT2D eigenvalue weighted by molar-refractivity contribution is 5.82. The molecule has 160 valence electrons. The molecule has 0 spiro atoms. The van der Waals surface area contributed by atoms with Gasteiger partial charge in [-0.2, -0.15) is 0 Å². The number of benzene rings is 2. The van der Waals surface area contributed by atoms with Crippen molar-refractivity contribution in [1.82, 2.24) is 9.80 Å². The van der Waals surface area contributed by atoms with Crippen LogP contribution in [0.15, 0.2) is 54.6 Å². The molecule has 0 aromatic heterocycles. The standard InChI is InChI=1S/C25H32N2O3/c1-19(2)22-11-7-8-12-23(22)30-20(3)25(29)27-17-15-26(16-18-27)24(28)14-13-21-9-5-4-6-10-21/h4-12,19-20H,13-18H2,1-3H3. The number of hydrogen-bond acceptors (Lipinski definition) is 3. The Hall–Kier alpha value is -2.82. The third-order valence-electron chi connectivity index (χ3n) is 5.61. The fourth-order valence-electron chi connectivity index (χ4n) is 3.79. The lowest BCUT2D eigenvalue weighted by atomic mass is 10.0. The predicted octanol–water partition coefficient (Wildman–Crippen LogP) is 3.88. The molecule has 1 atom stereocenters. The minimum atomic E-state index is -0.551. The van der Waals surface area contributed by atoms with Gasteiger partial charge in [0.15, 0.2) is 6.10 Å². The zero-order valence-electron chi connectivity index (χ0n) is 18.2. The van der Waals surface area contributed by atoms with Gasteiger partial charge in [0, 0.05) is 32.6 Å². The van der Waals surface area contributed by atoms with Gasteiger partial charge in [-0.15, -0.1) is 0 Å². The van der Waals surface area contributed by atoms with Crippen LogP contribution in [-0.4, -0.2) is 53.9 Å². The van der Waals surface area contributed by atoms with Gasteiger partial charge in [0.1, 0.15) is 5.75 Å². The van der Waals surface area contributed by atoms with Crippen LogP contribution >= 0.6 is 0 Å². The Labute approximate surface area is 179 Å². The average molecular weight is 409 g/mol. The van der Waals surface area contributed by atoms with E-state index in [1.165, 1.54) is 5.56 Å². The Morgan fingerprint density at radius 2 is 1.47 bits per heavy atom. The zero-order chi connectivity index (χ0) is 21.5. The van der Waals surface area contributed by atoms with Crippen molar-refractivity contribution < 1.29 is 14.3 Å². The first-order chi connectivity index (χ1) is 14.5. The molecule has 1 unspecified atom stereocenters. The zero-order valence-corrected chi connectivity index (χ0v) is 18.2. The molecule has 2 amide bonds. The van der Waals surface area contributed by atoms with Crippen molar-refractivity contribution in [2.24, 2.45) is 0 Å². The molecular weight excluding hydrogens is 376 g/mol. The van der Waals surface area contributed by atoms with Crippen LogP contribution in [0.3, 0.4) is 0 Å². The first kappa shape index (κ1) is 21.9. The topological polar surface area (TPSA) is 49.9 Å². The van der Waals surface area contributed by atoms with Gasteiger partial charge in [0.2, 0.25) is 5.91 Å². The molecule has 30 heavy (non-hydrogen) atoms. The molecule has 5 nitrogen and oxygen atoms in total. The first-order valence-electron chi connectivity index (χ1n) is 10.8. The number of carbonyl (C=O) groups excluding carboxylic acids is 2. The van der Waals surface area contributed by atoms with Crippen molar-refractivity contribution in [2.75, 3.05) is 26.2 Å². The summed E-state index contributed by atoms with van der Waals surface area (Å²) in [4.78, 5) is 29.1. The van der Waals surface area contributed by atoms with Crippen LogP contribution in [0.4, 0.5) is 0 Å². The van der Waals surface area contributed by atoms with E-state index in [1.54, 1.807) is 6.92 Å². The molecule has 2 aromatic carbocycles. The molecule has 0 saturated carbocycles. The summed E-state index contributed by atoms with van der Waals surface area (Å²) in [5.74, 6) is 1.23. The van der Waals surface area contributed by atoms with Crippen LogP contribution in [0.5, 0.6) is 5.75 Å². The van der Waals surface area contributed by atoms with Crippen molar-refractivity contribution in [3.8, 4) is 5.75 Å². The third-order valence-corrected chi connectivity index (χ3v) is 5.61. The fraction of sp³-hybridized carbons (Fsp3) is 0.440. The molecule has 0 N–H and O–H groups in total. The van der Waals surface area contributed by atoms with E-state index in [1.807, 2.05) is 64.4 Å². The maximum Gasteiger partial charge on any atom is 0.263 e. The molecule has 2 aromatic rings. The van der Waals surface area contributed by atoms with Gasteiger partial charge in [0.05, 0.1) is 0 Å². The van der Waals surface area contributed by atoms with Gasteiger partial charge in [-0.25, -0.2) is 0 Å². The smallest absolute Gasteiger partial charge is 0.263 e. The number of ether oxygens (including phenoxy) is 1. The molecule has 0 radical (unpaired) electrons. The number of piperazine rings is 1. The van der Waals surface area contributed by atoms with Gasteiger partial charge < -0.3 is 14.5 Å². The highest BCUT2D eigenvalue weighted by Gasteiger charge is 2.28. The molecule has 1 heterocycles. The van der Waals surface area contributed by atoms with E-state index >= 15 is 0 Å². The maximum absolute atomic E-state index is 12.9. The second-order valence-electron chi connectivity index (χ2n) is 8.14. The van der Waals surface area contributed by atoms with Gasteiger partial charge in [-0.05, 0) is 36.5 Å². The van der Waals surface area contributed by atoms with E-state index < -0.39 is 6.10 Å². The third kappa shape index (κ3) is 5.62. The summed E-state index contributed by atoms with van der Waals surface area (Å²) in [6.07, 6.45) is 0.702. The Balaban J connectivity index is 1.48. The molecule has 1 saturated heterocycles. The van der Waals surface area contributed by atoms with Crippen molar-refractivity contribution in [1.29, 1.82) is 0 Å². The average Bonchev–Trinajstić information content (AvgIpc) is 2.78. The van der Waals surface area contributed by atoms with Crippen molar-refractivity contribution in [3.63, 3.8) is 0 Å². The molecule has 1 fully saturated rings. The van der Waals surface area contributed by atoms with E-state index in [0.717, 1.165) is 17.7 Å². The van der Waals surface area contributed by atoms with E-state index in [4.69, 9.17) is 4.74 Å². The summed E-state index contributed by atoms with van der Waals surface area (Å²) in [7, 11) is 0. The van der Waals surface area contributed by atoms with Crippen molar-refractivity contribution >= 4 is 11.8 Å². The summed E-state index contributed by atoms with van der Waals surface area (Å²) >= 11 is 0.